The second-order valence-electron chi connectivity index (χ2n) is 12.1. The van der Waals surface area contributed by atoms with Crippen LogP contribution in [0.25, 0.3) is 0 Å². The zero-order valence-electron chi connectivity index (χ0n) is 23.5. The summed E-state index contributed by atoms with van der Waals surface area (Å²) in [5.41, 5.74) is 15.5. The van der Waals surface area contributed by atoms with Crippen LogP contribution in [0.4, 0.5) is 0 Å². The van der Waals surface area contributed by atoms with Crippen LogP contribution in [0.2, 0.25) is 0 Å². The summed E-state index contributed by atoms with van der Waals surface area (Å²) in [5.74, 6) is -0.300. The Morgan fingerprint density at radius 3 is 2.73 bits per heavy atom. The topological polar surface area (TPSA) is 183 Å². The van der Waals surface area contributed by atoms with E-state index in [1.165, 1.54) is 5.56 Å². The maximum Gasteiger partial charge on any atom is 0.269 e. The van der Waals surface area contributed by atoms with E-state index in [9.17, 15) is 14.7 Å². The summed E-state index contributed by atoms with van der Waals surface area (Å²) in [6.07, 6.45) is 3.42. The molecule has 1 aliphatic carbocycles. The predicted molar refractivity (Wildman–Crippen MR) is 154 cm³/mol. The molecule has 1 aromatic heterocycles. The molecular formula is C29H37N9O3. The summed E-state index contributed by atoms with van der Waals surface area (Å²) in [5, 5.41) is 20.8. The van der Waals surface area contributed by atoms with Gasteiger partial charge in [0.2, 0.25) is 0 Å². The average molecular weight is 560 g/mol. The van der Waals surface area contributed by atoms with Gasteiger partial charge in [-0.2, -0.15) is 0 Å². The molecule has 6 rings (SSSR count). The van der Waals surface area contributed by atoms with Crippen molar-refractivity contribution in [1.29, 1.82) is 0 Å². The van der Waals surface area contributed by atoms with Crippen LogP contribution in [0, 0.1) is 6.92 Å². The summed E-state index contributed by atoms with van der Waals surface area (Å²) in [6, 6.07) is 7.39. The van der Waals surface area contributed by atoms with Crippen molar-refractivity contribution in [1.82, 2.24) is 25.8 Å². The van der Waals surface area contributed by atoms with Crippen molar-refractivity contribution in [2.45, 2.75) is 75.3 Å². The number of pyridine rings is 1. The molecule has 4 heterocycles. The second kappa shape index (κ2) is 9.72. The lowest BCUT2D eigenvalue weighted by molar-refractivity contribution is 0.0144. The number of amides is 2. The summed E-state index contributed by atoms with van der Waals surface area (Å²) in [4.78, 5) is 41.4. The third-order valence-corrected chi connectivity index (χ3v) is 8.97. The first-order valence-corrected chi connectivity index (χ1v) is 14.1. The van der Waals surface area contributed by atoms with Gasteiger partial charge in [-0.05, 0) is 60.4 Å². The molecule has 12 heteroatoms. The average Bonchev–Trinajstić information content (AvgIpc) is 3.43. The smallest absolute Gasteiger partial charge is 0.269 e. The number of nitrogens with two attached hydrogens (primary N) is 2. The molecule has 41 heavy (non-hydrogen) atoms. The minimum atomic E-state index is -1.22. The Balaban J connectivity index is 1.22. The fourth-order valence-electron chi connectivity index (χ4n) is 6.88. The number of aliphatic hydroxyl groups excluding tert-OH is 1. The number of aliphatic imine (C=N–C) groups is 2. The summed E-state index contributed by atoms with van der Waals surface area (Å²) < 4.78 is 0. The maximum absolute atomic E-state index is 13.6. The summed E-state index contributed by atoms with van der Waals surface area (Å²) in [6.45, 7) is 6.62. The van der Waals surface area contributed by atoms with Crippen molar-refractivity contribution >= 4 is 23.7 Å². The van der Waals surface area contributed by atoms with Gasteiger partial charge in [-0.3, -0.25) is 14.6 Å². The van der Waals surface area contributed by atoms with Crippen LogP contribution in [0.1, 0.15) is 64.2 Å². The van der Waals surface area contributed by atoms with Crippen molar-refractivity contribution in [2.24, 2.45) is 21.5 Å². The molecule has 1 fully saturated rings. The molecule has 1 spiro atoms. The fraction of sp³-hybridized carbons (Fsp3) is 0.483. The molecule has 4 aliphatic rings. The highest BCUT2D eigenvalue weighted by Crippen LogP contribution is 2.41. The van der Waals surface area contributed by atoms with E-state index in [4.69, 9.17) is 11.5 Å². The van der Waals surface area contributed by atoms with Gasteiger partial charge in [-0.15, -0.1) is 0 Å². The van der Waals surface area contributed by atoms with Gasteiger partial charge >= 0.3 is 0 Å². The number of carbonyl (C=O) groups excluding carboxylic acids is 2. The second-order valence-corrected chi connectivity index (χ2v) is 12.1. The van der Waals surface area contributed by atoms with Crippen LogP contribution < -0.4 is 27.4 Å². The third-order valence-electron chi connectivity index (χ3n) is 8.97. The number of hydrogen-bond acceptors (Lipinski definition) is 10. The van der Waals surface area contributed by atoms with Crippen LogP contribution in [0.3, 0.4) is 0 Å². The molecule has 5 atom stereocenters. The molecule has 0 bridgehead atoms. The van der Waals surface area contributed by atoms with Crippen LogP contribution in [0.15, 0.2) is 46.5 Å². The molecule has 216 valence electrons. The fourth-order valence-corrected chi connectivity index (χ4v) is 6.88. The zero-order valence-corrected chi connectivity index (χ0v) is 23.5. The Morgan fingerprint density at radius 2 is 1.98 bits per heavy atom. The van der Waals surface area contributed by atoms with Gasteiger partial charge in [0.15, 0.2) is 17.6 Å². The van der Waals surface area contributed by atoms with Crippen LogP contribution >= 0.6 is 0 Å². The SMILES string of the molecule is Cc1ccc(C(=O)NC[C@@H]2N=C(N)N3CC(NC(=O)c4cccc5c4CCCC5(C)C)[C@@H](O)[C@@]34NC(N)=N[C@@H]24)nc1. The standard InChI is InChI=1S/C29H37N9O3/c1-15-9-10-19(32-12-15)25(41)33-13-20-22-29(37-26(30)36-22)23(39)21(14-38(29)27(31)35-20)34-24(40)17-6-4-8-18-16(17)7-5-11-28(18,2)3/h4,6,8-10,12,20-23,39H,5,7,11,13-14H2,1-3H3,(H2,31,35)(H,33,41)(H,34,40)(H3,30,36,37)/t20-,21?,22-,23+,29-/m0/s1. The number of benzene rings is 1. The molecule has 0 saturated carbocycles. The van der Waals surface area contributed by atoms with E-state index >= 15 is 0 Å². The lowest BCUT2D eigenvalue weighted by atomic mass is 9.71. The Hall–Kier alpha value is -4.19. The number of nitrogens with one attached hydrogen (secondary N) is 3. The molecule has 1 saturated heterocycles. The van der Waals surface area contributed by atoms with Gasteiger partial charge in [0.1, 0.15) is 17.8 Å². The molecule has 3 aliphatic heterocycles. The molecule has 1 aromatic carbocycles. The number of rotatable bonds is 5. The summed E-state index contributed by atoms with van der Waals surface area (Å²) >= 11 is 0. The molecule has 1 unspecified atom stereocenters. The number of aliphatic hydroxyl groups is 1. The lowest BCUT2D eigenvalue weighted by Crippen LogP contribution is -2.73. The summed E-state index contributed by atoms with van der Waals surface area (Å²) in [7, 11) is 0. The number of guanidine groups is 2. The van der Waals surface area contributed by atoms with Gasteiger partial charge in [0.25, 0.3) is 11.8 Å². The Labute approximate surface area is 238 Å². The van der Waals surface area contributed by atoms with Gasteiger partial charge in [0, 0.05) is 24.8 Å². The first kappa shape index (κ1) is 27.0. The molecule has 0 radical (unpaired) electrons. The first-order chi connectivity index (χ1) is 19.5. The van der Waals surface area contributed by atoms with E-state index in [-0.39, 0.29) is 47.9 Å². The van der Waals surface area contributed by atoms with Crippen LogP contribution in [0.5, 0.6) is 0 Å². The predicted octanol–water partition coefficient (Wildman–Crippen LogP) is -0.111. The highest BCUT2D eigenvalue weighted by Gasteiger charge is 2.65. The van der Waals surface area contributed by atoms with Crippen molar-refractivity contribution in [3.05, 3.63) is 64.5 Å². The number of nitrogens with zero attached hydrogens (tertiary/aromatic N) is 4. The number of fused-ring (bicyclic) bond motifs is 1. The highest BCUT2D eigenvalue weighted by molar-refractivity contribution is 5.97. The molecule has 2 amide bonds. The van der Waals surface area contributed by atoms with Crippen molar-refractivity contribution < 1.29 is 14.7 Å². The Bertz CT molecular complexity index is 1450. The number of aromatic nitrogens is 1. The van der Waals surface area contributed by atoms with Crippen molar-refractivity contribution in [3.8, 4) is 0 Å². The molecule has 2 aromatic rings. The van der Waals surface area contributed by atoms with Gasteiger partial charge in [-0.25, -0.2) is 9.98 Å². The largest absolute Gasteiger partial charge is 0.386 e. The van der Waals surface area contributed by atoms with Crippen molar-refractivity contribution in [3.63, 3.8) is 0 Å². The quantitative estimate of drug-likeness (QED) is 0.293. The third kappa shape index (κ3) is 4.37. The first-order valence-electron chi connectivity index (χ1n) is 14.1. The van der Waals surface area contributed by atoms with E-state index < -0.39 is 29.9 Å². The van der Waals surface area contributed by atoms with E-state index in [2.05, 4.69) is 50.8 Å². The van der Waals surface area contributed by atoms with Crippen LogP contribution in [-0.4, -0.2) is 81.7 Å². The molecule has 12 nitrogen and oxygen atoms in total. The Kier molecular flexibility index (Phi) is 6.40. The van der Waals surface area contributed by atoms with Gasteiger partial charge < -0.3 is 37.4 Å². The van der Waals surface area contributed by atoms with E-state index in [0.717, 1.165) is 30.4 Å². The number of aryl methyl sites for hydroxylation is 1. The minimum absolute atomic E-state index is 0.00290. The zero-order chi connectivity index (χ0) is 29.1. The monoisotopic (exact) mass is 559 g/mol. The number of carbonyl (C=O) groups is 2. The number of hydrogen-bond donors (Lipinski definition) is 6. The Morgan fingerprint density at radius 1 is 1.17 bits per heavy atom. The normalized spacial score (nSPS) is 29.3. The van der Waals surface area contributed by atoms with E-state index in [1.807, 2.05) is 25.1 Å². The van der Waals surface area contributed by atoms with E-state index in [0.29, 0.717) is 5.56 Å². The van der Waals surface area contributed by atoms with Crippen molar-refractivity contribution in [2.75, 3.05) is 13.1 Å². The van der Waals surface area contributed by atoms with Crippen LogP contribution in [-0.2, 0) is 11.8 Å². The maximum atomic E-state index is 13.6. The molecule has 8 N–H and O–H groups in total. The van der Waals surface area contributed by atoms with Gasteiger partial charge in [0.05, 0.1) is 12.1 Å². The lowest BCUT2D eigenvalue weighted by Gasteiger charge is -2.46. The van der Waals surface area contributed by atoms with E-state index in [1.54, 1.807) is 17.2 Å². The van der Waals surface area contributed by atoms with Gasteiger partial charge in [-0.1, -0.05) is 32.0 Å². The molecular weight excluding hydrogens is 522 g/mol. The highest BCUT2D eigenvalue weighted by atomic mass is 16.3. The minimum Gasteiger partial charge on any atom is -0.386 e.